The maximum absolute atomic E-state index is 13.2. The first-order valence-electron chi connectivity index (χ1n) is 5.25. The van der Waals surface area contributed by atoms with Crippen molar-refractivity contribution in [3.05, 3.63) is 35.4 Å². The van der Waals surface area contributed by atoms with Crippen molar-refractivity contribution in [2.45, 2.75) is 26.4 Å². The molecule has 0 aromatic heterocycles. The summed E-state index contributed by atoms with van der Waals surface area (Å²) in [6.07, 6.45) is 0.319. The normalized spacial score (nSPS) is 11.6. The first-order chi connectivity index (χ1) is 8.28. The maximum atomic E-state index is 13.2. The van der Waals surface area contributed by atoms with E-state index in [0.717, 1.165) is 18.3 Å². The predicted octanol–water partition coefficient (Wildman–Crippen LogP) is 2.82. The van der Waals surface area contributed by atoms with E-state index in [1.807, 2.05) is 0 Å². The SMILES string of the molecule is CC(C)(C)OC(=O)N/N=C/c1ccc(F)cc1F. The van der Waals surface area contributed by atoms with Gasteiger partial charge in [-0.2, -0.15) is 5.10 Å². The van der Waals surface area contributed by atoms with Gasteiger partial charge in [-0.3, -0.25) is 0 Å². The van der Waals surface area contributed by atoms with Crippen molar-refractivity contribution >= 4 is 12.3 Å². The summed E-state index contributed by atoms with van der Waals surface area (Å²) in [4.78, 5) is 11.2. The zero-order valence-electron chi connectivity index (χ0n) is 10.3. The highest BCUT2D eigenvalue weighted by Gasteiger charge is 2.15. The molecule has 0 spiro atoms. The van der Waals surface area contributed by atoms with Crippen LogP contribution in [0.4, 0.5) is 13.6 Å². The highest BCUT2D eigenvalue weighted by atomic mass is 19.1. The van der Waals surface area contributed by atoms with Crippen molar-refractivity contribution in [1.82, 2.24) is 5.43 Å². The van der Waals surface area contributed by atoms with Crippen LogP contribution in [0.15, 0.2) is 23.3 Å². The Morgan fingerprint density at radius 2 is 2.06 bits per heavy atom. The lowest BCUT2D eigenvalue weighted by Gasteiger charge is -2.18. The molecule has 4 nitrogen and oxygen atoms in total. The van der Waals surface area contributed by atoms with Gasteiger partial charge in [0.15, 0.2) is 0 Å². The number of hydrazone groups is 1. The summed E-state index contributed by atoms with van der Waals surface area (Å²) in [5.41, 5.74) is 1.50. The number of rotatable bonds is 2. The number of hydrogen-bond donors (Lipinski definition) is 1. The van der Waals surface area contributed by atoms with Gasteiger partial charge in [-0.25, -0.2) is 19.0 Å². The van der Waals surface area contributed by atoms with E-state index in [1.165, 1.54) is 6.07 Å². The zero-order valence-corrected chi connectivity index (χ0v) is 10.3. The van der Waals surface area contributed by atoms with Crippen molar-refractivity contribution in [2.75, 3.05) is 0 Å². The summed E-state index contributed by atoms with van der Waals surface area (Å²) >= 11 is 0. The van der Waals surface area contributed by atoms with Crippen molar-refractivity contribution in [3.63, 3.8) is 0 Å². The number of halogens is 2. The molecule has 18 heavy (non-hydrogen) atoms. The molecule has 0 saturated carbocycles. The van der Waals surface area contributed by atoms with Gasteiger partial charge in [-0.1, -0.05) is 0 Å². The van der Waals surface area contributed by atoms with E-state index in [1.54, 1.807) is 20.8 Å². The van der Waals surface area contributed by atoms with Crippen LogP contribution in [0.3, 0.4) is 0 Å². The molecule has 1 N–H and O–H groups in total. The minimum atomic E-state index is -0.760. The summed E-state index contributed by atoms with van der Waals surface area (Å²) in [5, 5.41) is 3.50. The van der Waals surface area contributed by atoms with Crippen LogP contribution < -0.4 is 5.43 Å². The molecule has 1 amide bonds. The molecular formula is C12H14F2N2O2. The Bertz CT molecular complexity index is 468. The third kappa shape index (κ3) is 4.90. The van der Waals surface area contributed by atoms with Gasteiger partial charge < -0.3 is 4.74 Å². The second-order valence-electron chi connectivity index (χ2n) is 4.54. The topological polar surface area (TPSA) is 50.7 Å². The number of hydrogen-bond acceptors (Lipinski definition) is 3. The first kappa shape index (κ1) is 14.1. The monoisotopic (exact) mass is 256 g/mol. The molecule has 0 aliphatic rings. The average molecular weight is 256 g/mol. The molecule has 1 rings (SSSR count). The van der Waals surface area contributed by atoms with Crippen LogP contribution >= 0.6 is 0 Å². The highest BCUT2D eigenvalue weighted by molar-refractivity contribution is 5.81. The van der Waals surface area contributed by atoms with Crippen LogP contribution in [-0.4, -0.2) is 17.9 Å². The summed E-state index contributed by atoms with van der Waals surface area (Å²) in [6, 6.07) is 3.04. The Balaban J connectivity index is 2.58. The molecule has 0 aliphatic heterocycles. The maximum Gasteiger partial charge on any atom is 0.428 e. The molecule has 0 saturated heterocycles. The molecule has 0 aliphatic carbocycles. The lowest BCUT2D eigenvalue weighted by Crippen LogP contribution is -2.29. The highest BCUT2D eigenvalue weighted by Crippen LogP contribution is 2.07. The smallest absolute Gasteiger partial charge is 0.428 e. The molecular weight excluding hydrogens is 242 g/mol. The van der Waals surface area contributed by atoms with Gasteiger partial charge >= 0.3 is 6.09 Å². The van der Waals surface area contributed by atoms with Gasteiger partial charge in [0.25, 0.3) is 0 Å². The van der Waals surface area contributed by atoms with Crippen LogP contribution in [0.25, 0.3) is 0 Å². The van der Waals surface area contributed by atoms with Crippen molar-refractivity contribution < 1.29 is 18.3 Å². The minimum Gasteiger partial charge on any atom is -0.443 e. The molecule has 1 aromatic rings. The molecule has 98 valence electrons. The van der Waals surface area contributed by atoms with Gasteiger partial charge in [0.05, 0.1) is 6.21 Å². The van der Waals surface area contributed by atoms with E-state index in [4.69, 9.17) is 4.74 Å². The Hall–Kier alpha value is -1.98. The standard InChI is InChI=1S/C12H14F2N2O2/c1-12(2,3)18-11(17)16-15-7-8-4-5-9(13)6-10(8)14/h4-7H,1-3H3,(H,16,17)/b15-7+. The van der Waals surface area contributed by atoms with Gasteiger partial charge in [-0.05, 0) is 32.9 Å². The Kier molecular flexibility index (Phi) is 4.36. The summed E-state index contributed by atoms with van der Waals surface area (Å²) in [6.45, 7) is 5.11. The van der Waals surface area contributed by atoms with Crippen LogP contribution in [0, 0.1) is 11.6 Å². The van der Waals surface area contributed by atoms with Crippen molar-refractivity contribution in [1.29, 1.82) is 0 Å². The number of carbonyl (C=O) groups is 1. The number of ether oxygens (including phenoxy) is 1. The van der Waals surface area contributed by atoms with E-state index < -0.39 is 23.3 Å². The quantitative estimate of drug-likeness (QED) is 0.653. The Labute approximate surface area is 104 Å². The van der Waals surface area contributed by atoms with E-state index in [9.17, 15) is 13.6 Å². The molecule has 0 fully saturated rings. The van der Waals surface area contributed by atoms with Crippen molar-refractivity contribution in [3.8, 4) is 0 Å². The van der Waals surface area contributed by atoms with E-state index in [0.29, 0.717) is 0 Å². The Morgan fingerprint density at radius 3 is 2.61 bits per heavy atom. The number of nitrogens with zero attached hydrogens (tertiary/aromatic N) is 1. The number of benzene rings is 1. The lowest BCUT2D eigenvalue weighted by molar-refractivity contribution is 0.0529. The van der Waals surface area contributed by atoms with Crippen LogP contribution in [0.5, 0.6) is 0 Å². The van der Waals surface area contributed by atoms with E-state index in [2.05, 4.69) is 10.5 Å². The average Bonchev–Trinajstić information content (AvgIpc) is 2.18. The summed E-state index contributed by atoms with van der Waals surface area (Å²) < 4.78 is 30.7. The van der Waals surface area contributed by atoms with Crippen LogP contribution in [-0.2, 0) is 4.74 Å². The molecule has 1 aromatic carbocycles. The van der Waals surface area contributed by atoms with Crippen LogP contribution in [0.1, 0.15) is 26.3 Å². The van der Waals surface area contributed by atoms with Crippen LogP contribution in [0.2, 0.25) is 0 Å². The van der Waals surface area contributed by atoms with Gasteiger partial charge in [-0.15, -0.1) is 0 Å². The van der Waals surface area contributed by atoms with E-state index >= 15 is 0 Å². The van der Waals surface area contributed by atoms with Gasteiger partial charge in [0.1, 0.15) is 17.2 Å². The number of amides is 1. The fraction of sp³-hybridized carbons (Fsp3) is 0.333. The van der Waals surface area contributed by atoms with E-state index in [-0.39, 0.29) is 5.56 Å². The molecule has 0 heterocycles. The molecule has 6 heteroatoms. The second kappa shape index (κ2) is 5.57. The fourth-order valence-corrected chi connectivity index (χ4v) is 1.06. The zero-order chi connectivity index (χ0) is 13.8. The lowest BCUT2D eigenvalue weighted by atomic mass is 10.2. The van der Waals surface area contributed by atoms with Gasteiger partial charge in [0.2, 0.25) is 0 Å². The number of nitrogens with one attached hydrogen (secondary N) is 1. The molecule has 0 radical (unpaired) electrons. The summed E-state index contributed by atoms with van der Waals surface area (Å²) in [7, 11) is 0. The largest absolute Gasteiger partial charge is 0.443 e. The minimum absolute atomic E-state index is 0.0625. The van der Waals surface area contributed by atoms with Gasteiger partial charge in [0, 0.05) is 11.6 Å². The molecule has 0 atom stereocenters. The number of carbonyl (C=O) groups excluding carboxylic acids is 1. The Morgan fingerprint density at radius 1 is 1.39 bits per heavy atom. The molecule has 0 bridgehead atoms. The predicted molar refractivity (Wildman–Crippen MR) is 63.3 cm³/mol. The first-order valence-corrected chi connectivity index (χ1v) is 5.25. The molecule has 0 unspecified atom stereocenters. The third-order valence-electron chi connectivity index (χ3n) is 1.72. The summed E-state index contributed by atoms with van der Waals surface area (Å²) in [5.74, 6) is -1.44. The third-order valence-corrected chi connectivity index (χ3v) is 1.72. The van der Waals surface area contributed by atoms with Crippen molar-refractivity contribution in [2.24, 2.45) is 5.10 Å². The second-order valence-corrected chi connectivity index (χ2v) is 4.54. The fourth-order valence-electron chi connectivity index (χ4n) is 1.06.